The normalized spacial score (nSPS) is 17.1. The Morgan fingerprint density at radius 3 is 2.43 bits per heavy atom. The molecule has 0 atom stereocenters. The van der Waals surface area contributed by atoms with Crippen LogP contribution < -0.4 is 5.32 Å². The Balaban J connectivity index is 2.24. The molecule has 1 N–H and O–H groups in total. The maximum Gasteiger partial charge on any atom is 0.331 e. The largest absolute Gasteiger partial charge is 0.467 e. The summed E-state index contributed by atoms with van der Waals surface area (Å²) in [6.07, 6.45) is 3.97. The molecule has 6 heteroatoms. The molecule has 4 nitrogen and oxygen atoms in total. The van der Waals surface area contributed by atoms with Gasteiger partial charge in [0.25, 0.3) is 5.91 Å². The first-order valence-electron chi connectivity index (χ1n) is 6.84. The van der Waals surface area contributed by atoms with Crippen LogP contribution in [0.1, 0.15) is 42.5 Å². The molecule has 0 heterocycles. The van der Waals surface area contributed by atoms with Crippen LogP contribution >= 0.6 is 23.2 Å². The summed E-state index contributed by atoms with van der Waals surface area (Å²) in [5.74, 6) is -0.787. The zero-order valence-electron chi connectivity index (χ0n) is 11.7. The standard InChI is InChI=1S/C15H17Cl2NO3/c1-21-14(20)15(7-3-2-4-8-15)18-13(19)11-6-5-10(16)9-12(11)17/h5-6,9H,2-4,7-8H2,1H3,(H,18,19). The summed E-state index contributed by atoms with van der Waals surface area (Å²) in [5.41, 5.74) is -0.650. The molecular formula is C15H17Cl2NO3. The van der Waals surface area contributed by atoms with Gasteiger partial charge < -0.3 is 10.1 Å². The molecule has 0 bridgehead atoms. The van der Waals surface area contributed by atoms with Gasteiger partial charge in [-0.2, -0.15) is 0 Å². The van der Waals surface area contributed by atoms with Crippen LogP contribution in [0.15, 0.2) is 18.2 Å². The molecule has 0 aliphatic heterocycles. The summed E-state index contributed by atoms with van der Waals surface area (Å²) in [6, 6.07) is 4.64. The van der Waals surface area contributed by atoms with E-state index in [1.165, 1.54) is 13.2 Å². The van der Waals surface area contributed by atoms with E-state index in [2.05, 4.69) is 5.32 Å². The van der Waals surface area contributed by atoms with Crippen molar-refractivity contribution in [3.8, 4) is 0 Å². The lowest BCUT2D eigenvalue weighted by molar-refractivity contribution is -0.149. The smallest absolute Gasteiger partial charge is 0.331 e. The number of esters is 1. The second-order valence-corrected chi connectivity index (χ2v) is 6.06. The third-order valence-corrected chi connectivity index (χ3v) is 4.36. The Labute approximate surface area is 133 Å². The number of nitrogens with one attached hydrogen (secondary N) is 1. The van der Waals surface area contributed by atoms with Crippen molar-refractivity contribution in [1.29, 1.82) is 0 Å². The van der Waals surface area contributed by atoms with Gasteiger partial charge in [0, 0.05) is 5.02 Å². The first kappa shape index (κ1) is 16.1. The lowest BCUT2D eigenvalue weighted by Gasteiger charge is -2.35. The van der Waals surface area contributed by atoms with Crippen LogP contribution in [0.25, 0.3) is 0 Å². The monoisotopic (exact) mass is 329 g/mol. The number of carbonyl (C=O) groups is 2. The fourth-order valence-electron chi connectivity index (χ4n) is 2.69. The minimum Gasteiger partial charge on any atom is -0.467 e. The maximum atomic E-state index is 12.4. The Kier molecular flexibility index (Phi) is 5.12. The van der Waals surface area contributed by atoms with Crippen molar-refractivity contribution in [2.24, 2.45) is 0 Å². The molecule has 2 rings (SSSR count). The van der Waals surface area contributed by atoms with Crippen molar-refractivity contribution in [3.05, 3.63) is 33.8 Å². The highest BCUT2D eigenvalue weighted by Gasteiger charge is 2.42. The summed E-state index contributed by atoms with van der Waals surface area (Å²) < 4.78 is 4.87. The second-order valence-electron chi connectivity index (χ2n) is 5.21. The zero-order chi connectivity index (χ0) is 15.5. The molecule has 0 unspecified atom stereocenters. The van der Waals surface area contributed by atoms with Gasteiger partial charge in [-0.05, 0) is 31.0 Å². The van der Waals surface area contributed by atoms with Gasteiger partial charge in [0.15, 0.2) is 0 Å². The minimum absolute atomic E-state index is 0.260. The molecule has 0 saturated heterocycles. The van der Waals surface area contributed by atoms with E-state index in [1.54, 1.807) is 12.1 Å². The summed E-state index contributed by atoms with van der Waals surface area (Å²) in [6.45, 7) is 0. The summed E-state index contributed by atoms with van der Waals surface area (Å²) >= 11 is 11.9. The van der Waals surface area contributed by atoms with Crippen molar-refractivity contribution in [3.63, 3.8) is 0 Å². The first-order valence-corrected chi connectivity index (χ1v) is 7.60. The van der Waals surface area contributed by atoms with Crippen LogP contribution in [0.4, 0.5) is 0 Å². The van der Waals surface area contributed by atoms with E-state index in [-0.39, 0.29) is 10.9 Å². The number of methoxy groups -OCH3 is 1. The van der Waals surface area contributed by atoms with Gasteiger partial charge in [0.1, 0.15) is 5.54 Å². The zero-order valence-corrected chi connectivity index (χ0v) is 13.3. The van der Waals surface area contributed by atoms with Crippen LogP contribution in [0.5, 0.6) is 0 Å². The van der Waals surface area contributed by atoms with Gasteiger partial charge in [-0.1, -0.05) is 42.5 Å². The van der Waals surface area contributed by atoms with Crippen molar-refractivity contribution >= 4 is 35.1 Å². The molecule has 21 heavy (non-hydrogen) atoms. The number of amides is 1. The molecule has 1 fully saturated rings. The number of rotatable bonds is 3. The molecule has 1 aromatic rings. The van der Waals surface area contributed by atoms with E-state index >= 15 is 0 Å². The van der Waals surface area contributed by atoms with Crippen LogP contribution in [0.3, 0.4) is 0 Å². The second kappa shape index (κ2) is 6.67. The number of ether oxygens (including phenoxy) is 1. The lowest BCUT2D eigenvalue weighted by atomic mass is 9.81. The Bertz CT molecular complexity index is 554. The fourth-order valence-corrected chi connectivity index (χ4v) is 3.18. The molecule has 1 aliphatic carbocycles. The number of hydrogen-bond acceptors (Lipinski definition) is 3. The van der Waals surface area contributed by atoms with E-state index in [1.807, 2.05) is 0 Å². The number of benzene rings is 1. The van der Waals surface area contributed by atoms with E-state index in [0.717, 1.165) is 19.3 Å². The quantitative estimate of drug-likeness (QED) is 0.862. The average Bonchev–Trinajstić information content (AvgIpc) is 2.47. The van der Waals surface area contributed by atoms with Crippen molar-refractivity contribution in [2.75, 3.05) is 7.11 Å². The van der Waals surface area contributed by atoms with Crippen molar-refractivity contribution < 1.29 is 14.3 Å². The minimum atomic E-state index is -0.951. The highest BCUT2D eigenvalue weighted by molar-refractivity contribution is 6.36. The van der Waals surface area contributed by atoms with E-state index in [0.29, 0.717) is 23.4 Å². The Hall–Kier alpha value is -1.26. The predicted molar refractivity (Wildman–Crippen MR) is 81.8 cm³/mol. The van der Waals surface area contributed by atoms with E-state index in [4.69, 9.17) is 27.9 Å². The third-order valence-electron chi connectivity index (χ3n) is 3.81. The maximum absolute atomic E-state index is 12.4. The topological polar surface area (TPSA) is 55.4 Å². The highest BCUT2D eigenvalue weighted by Crippen LogP contribution is 2.30. The molecule has 114 valence electrons. The molecule has 1 saturated carbocycles. The third kappa shape index (κ3) is 3.50. The van der Waals surface area contributed by atoms with Gasteiger partial charge in [0.2, 0.25) is 0 Å². The SMILES string of the molecule is COC(=O)C1(NC(=O)c2ccc(Cl)cc2Cl)CCCCC1. The Morgan fingerprint density at radius 1 is 1.19 bits per heavy atom. The van der Waals surface area contributed by atoms with Crippen LogP contribution in [-0.4, -0.2) is 24.5 Å². The van der Waals surface area contributed by atoms with Crippen molar-refractivity contribution in [1.82, 2.24) is 5.32 Å². The summed E-state index contributed by atoms with van der Waals surface area (Å²) in [7, 11) is 1.33. The fraction of sp³-hybridized carbons (Fsp3) is 0.467. The first-order chi connectivity index (χ1) is 9.98. The highest BCUT2D eigenvalue weighted by atomic mass is 35.5. The van der Waals surface area contributed by atoms with Crippen molar-refractivity contribution in [2.45, 2.75) is 37.6 Å². The molecule has 1 aliphatic rings. The van der Waals surface area contributed by atoms with E-state index < -0.39 is 11.5 Å². The summed E-state index contributed by atoms with van der Waals surface area (Å²) in [4.78, 5) is 24.5. The average molecular weight is 330 g/mol. The Morgan fingerprint density at radius 2 is 1.86 bits per heavy atom. The number of carbonyl (C=O) groups excluding carboxylic acids is 2. The number of halogens is 2. The number of hydrogen-bond donors (Lipinski definition) is 1. The van der Waals surface area contributed by atoms with Crippen LogP contribution in [-0.2, 0) is 9.53 Å². The van der Waals surface area contributed by atoms with Gasteiger partial charge in [-0.25, -0.2) is 4.79 Å². The van der Waals surface area contributed by atoms with Crippen LogP contribution in [0.2, 0.25) is 10.0 Å². The molecule has 0 spiro atoms. The van der Waals surface area contributed by atoms with Gasteiger partial charge in [-0.3, -0.25) is 4.79 Å². The van der Waals surface area contributed by atoms with Gasteiger partial charge >= 0.3 is 5.97 Å². The predicted octanol–water partition coefficient (Wildman–Crippen LogP) is 3.60. The molecule has 0 radical (unpaired) electrons. The molecule has 1 amide bonds. The molecular weight excluding hydrogens is 313 g/mol. The molecule has 0 aromatic heterocycles. The molecule has 1 aromatic carbocycles. The van der Waals surface area contributed by atoms with Gasteiger partial charge in [-0.15, -0.1) is 0 Å². The van der Waals surface area contributed by atoms with Crippen LogP contribution in [0, 0.1) is 0 Å². The summed E-state index contributed by atoms with van der Waals surface area (Å²) in [5, 5.41) is 3.53. The van der Waals surface area contributed by atoms with E-state index in [9.17, 15) is 9.59 Å². The lowest BCUT2D eigenvalue weighted by Crippen LogP contribution is -2.56. The van der Waals surface area contributed by atoms with Gasteiger partial charge in [0.05, 0.1) is 17.7 Å².